The molecule has 1 aliphatic rings. The zero-order valence-electron chi connectivity index (χ0n) is 17.7. The highest BCUT2D eigenvalue weighted by Crippen LogP contribution is 2.29. The zero-order chi connectivity index (χ0) is 23.8. The summed E-state index contributed by atoms with van der Waals surface area (Å²) in [5, 5.41) is 0.395. The van der Waals surface area contributed by atoms with Gasteiger partial charge >= 0.3 is 0 Å². The van der Waals surface area contributed by atoms with E-state index in [2.05, 4.69) is 4.98 Å². The number of benzene rings is 2. The summed E-state index contributed by atoms with van der Waals surface area (Å²) in [6.45, 7) is -0.642. The zero-order valence-corrected chi connectivity index (χ0v) is 19.2. The number of rotatable bonds is 6. The summed E-state index contributed by atoms with van der Waals surface area (Å²) in [7, 11) is -2.37. The van der Waals surface area contributed by atoms with Crippen molar-refractivity contribution in [3.63, 3.8) is 0 Å². The number of carbonyl (C=O) groups is 1. The van der Waals surface area contributed by atoms with E-state index in [1.807, 2.05) is 0 Å². The average molecular weight is 495 g/mol. The lowest BCUT2D eigenvalue weighted by Gasteiger charge is -2.24. The standard InChI is InChI=1S/C22H21ClF2N4O3S/c1-27-13-20(26-15-27)33(31,32)29(12-16-2-6-18(23)7-3-16)19-8-4-17(5-9-19)21(30)28-11-10-22(24,25)14-28/h2-9,13,15H,10-12,14H2,1H3. The van der Waals surface area contributed by atoms with Gasteiger partial charge in [0, 0.05) is 36.8 Å². The number of nitrogens with zero attached hydrogens (tertiary/aromatic N) is 4. The third-order valence-electron chi connectivity index (χ3n) is 5.33. The van der Waals surface area contributed by atoms with E-state index in [-0.39, 0.29) is 30.1 Å². The second-order valence-electron chi connectivity index (χ2n) is 7.90. The Morgan fingerprint density at radius 3 is 2.36 bits per heavy atom. The summed E-state index contributed by atoms with van der Waals surface area (Å²) in [5.41, 5.74) is 1.20. The van der Waals surface area contributed by atoms with E-state index in [1.54, 1.807) is 31.3 Å². The molecule has 1 amide bonds. The highest BCUT2D eigenvalue weighted by Gasteiger charge is 2.40. The number of anilines is 1. The van der Waals surface area contributed by atoms with E-state index in [1.165, 1.54) is 45.7 Å². The number of aromatic nitrogens is 2. The normalized spacial score (nSPS) is 15.6. The molecular formula is C22H21ClF2N4O3S. The van der Waals surface area contributed by atoms with Crippen molar-refractivity contribution >= 4 is 33.2 Å². The molecule has 11 heteroatoms. The minimum absolute atomic E-state index is 0.00170. The summed E-state index contributed by atoms with van der Waals surface area (Å²) in [4.78, 5) is 17.7. The van der Waals surface area contributed by atoms with E-state index in [0.717, 1.165) is 4.90 Å². The molecule has 174 valence electrons. The summed E-state index contributed by atoms with van der Waals surface area (Å²) in [6.07, 6.45) is 2.42. The van der Waals surface area contributed by atoms with Crippen molar-refractivity contribution in [2.45, 2.75) is 23.9 Å². The van der Waals surface area contributed by atoms with Crippen molar-refractivity contribution in [2.75, 3.05) is 17.4 Å². The average Bonchev–Trinajstić information content (AvgIpc) is 3.38. The van der Waals surface area contributed by atoms with Crippen LogP contribution in [0.3, 0.4) is 0 Å². The van der Waals surface area contributed by atoms with E-state index in [9.17, 15) is 22.0 Å². The fourth-order valence-corrected chi connectivity index (χ4v) is 5.12. The lowest BCUT2D eigenvalue weighted by atomic mass is 10.1. The quantitative estimate of drug-likeness (QED) is 0.520. The maximum absolute atomic E-state index is 13.5. The van der Waals surface area contributed by atoms with Crippen LogP contribution in [0.5, 0.6) is 0 Å². The molecule has 0 spiro atoms. The molecule has 4 rings (SSSR count). The van der Waals surface area contributed by atoms with E-state index in [4.69, 9.17) is 11.6 Å². The first kappa shape index (κ1) is 23.2. The van der Waals surface area contributed by atoms with Crippen molar-refractivity contribution in [2.24, 2.45) is 7.05 Å². The predicted molar refractivity (Wildman–Crippen MR) is 120 cm³/mol. The number of carbonyl (C=O) groups excluding carboxylic acids is 1. The number of aryl methyl sites for hydroxylation is 1. The Kier molecular flexibility index (Phi) is 6.15. The van der Waals surface area contributed by atoms with Crippen molar-refractivity contribution in [1.29, 1.82) is 0 Å². The second-order valence-corrected chi connectivity index (χ2v) is 10.1. The lowest BCUT2D eigenvalue weighted by molar-refractivity contribution is 0.0120. The number of alkyl halides is 2. The number of hydrogen-bond donors (Lipinski definition) is 0. The summed E-state index contributed by atoms with van der Waals surface area (Å²) in [6, 6.07) is 12.6. The molecule has 33 heavy (non-hydrogen) atoms. The Hall–Kier alpha value is -2.98. The number of likely N-dealkylation sites (tertiary alicyclic amines) is 1. The van der Waals surface area contributed by atoms with Gasteiger partial charge < -0.3 is 9.47 Å². The molecule has 1 aliphatic heterocycles. The van der Waals surface area contributed by atoms with Crippen LogP contribution in [0.4, 0.5) is 14.5 Å². The van der Waals surface area contributed by atoms with Crippen molar-refractivity contribution in [3.05, 3.63) is 77.2 Å². The Morgan fingerprint density at radius 1 is 1.15 bits per heavy atom. The number of amides is 1. The third kappa shape index (κ3) is 5.01. The molecule has 3 aromatic rings. The molecule has 0 atom stereocenters. The van der Waals surface area contributed by atoms with Crippen LogP contribution in [-0.4, -0.2) is 47.8 Å². The van der Waals surface area contributed by atoms with Gasteiger partial charge in [-0.1, -0.05) is 23.7 Å². The number of imidazole rings is 1. The van der Waals surface area contributed by atoms with Crippen LogP contribution in [0.25, 0.3) is 0 Å². The highest BCUT2D eigenvalue weighted by molar-refractivity contribution is 7.92. The number of halogens is 3. The van der Waals surface area contributed by atoms with Gasteiger partial charge in [-0.25, -0.2) is 13.8 Å². The van der Waals surface area contributed by atoms with Gasteiger partial charge in [-0.3, -0.25) is 9.10 Å². The van der Waals surface area contributed by atoms with Gasteiger partial charge in [0.05, 0.1) is 25.1 Å². The van der Waals surface area contributed by atoms with Gasteiger partial charge in [-0.15, -0.1) is 0 Å². The van der Waals surface area contributed by atoms with Gasteiger partial charge in [-0.05, 0) is 42.0 Å². The molecule has 2 heterocycles. The molecule has 1 fully saturated rings. The molecule has 0 unspecified atom stereocenters. The summed E-state index contributed by atoms with van der Waals surface area (Å²) < 4.78 is 56.4. The van der Waals surface area contributed by atoms with E-state index in [0.29, 0.717) is 16.3 Å². The first-order valence-electron chi connectivity index (χ1n) is 10.1. The van der Waals surface area contributed by atoms with E-state index < -0.39 is 28.4 Å². The summed E-state index contributed by atoms with van der Waals surface area (Å²) >= 11 is 5.94. The maximum atomic E-state index is 13.5. The Labute approximate surface area is 195 Å². The minimum atomic E-state index is -4.03. The third-order valence-corrected chi connectivity index (χ3v) is 7.25. The molecule has 0 N–H and O–H groups in total. The van der Waals surface area contributed by atoms with Crippen molar-refractivity contribution < 1.29 is 22.0 Å². The van der Waals surface area contributed by atoms with Crippen molar-refractivity contribution in [3.8, 4) is 0 Å². The van der Waals surface area contributed by atoms with Crippen LogP contribution in [0.15, 0.2) is 66.1 Å². The fraction of sp³-hybridized carbons (Fsp3) is 0.273. The lowest BCUT2D eigenvalue weighted by Crippen LogP contribution is -2.32. The molecule has 0 radical (unpaired) electrons. The van der Waals surface area contributed by atoms with Crippen LogP contribution < -0.4 is 4.31 Å². The smallest absolute Gasteiger partial charge is 0.283 e. The van der Waals surface area contributed by atoms with Crippen LogP contribution in [0.1, 0.15) is 22.3 Å². The van der Waals surface area contributed by atoms with Crippen LogP contribution in [-0.2, 0) is 23.6 Å². The van der Waals surface area contributed by atoms with Gasteiger partial charge in [-0.2, -0.15) is 8.42 Å². The number of hydrogen-bond acceptors (Lipinski definition) is 4. The van der Waals surface area contributed by atoms with Gasteiger partial charge in [0.1, 0.15) is 0 Å². The van der Waals surface area contributed by atoms with Crippen LogP contribution in [0, 0.1) is 0 Å². The first-order valence-corrected chi connectivity index (χ1v) is 11.9. The minimum Gasteiger partial charge on any atom is -0.339 e. The van der Waals surface area contributed by atoms with Gasteiger partial charge in [0.25, 0.3) is 21.9 Å². The molecule has 0 bridgehead atoms. The Balaban J connectivity index is 1.65. The topological polar surface area (TPSA) is 75.5 Å². The van der Waals surface area contributed by atoms with Crippen LogP contribution in [0.2, 0.25) is 5.02 Å². The van der Waals surface area contributed by atoms with Gasteiger partial charge in [0.15, 0.2) is 5.03 Å². The fourth-order valence-electron chi connectivity index (χ4n) is 3.57. The molecular weight excluding hydrogens is 474 g/mol. The monoisotopic (exact) mass is 494 g/mol. The molecule has 2 aromatic carbocycles. The van der Waals surface area contributed by atoms with Gasteiger partial charge in [0.2, 0.25) is 0 Å². The van der Waals surface area contributed by atoms with E-state index >= 15 is 0 Å². The molecule has 7 nitrogen and oxygen atoms in total. The Bertz CT molecular complexity index is 1260. The molecule has 1 aromatic heterocycles. The summed E-state index contributed by atoms with van der Waals surface area (Å²) in [5.74, 6) is -3.41. The highest BCUT2D eigenvalue weighted by atomic mass is 35.5. The molecule has 0 aliphatic carbocycles. The Morgan fingerprint density at radius 2 is 1.82 bits per heavy atom. The largest absolute Gasteiger partial charge is 0.339 e. The van der Waals surface area contributed by atoms with Crippen LogP contribution >= 0.6 is 11.6 Å². The second kappa shape index (κ2) is 8.75. The first-order chi connectivity index (χ1) is 15.5. The molecule has 0 saturated carbocycles. The predicted octanol–water partition coefficient (Wildman–Crippen LogP) is 3.95. The SMILES string of the molecule is Cn1cnc(S(=O)(=O)N(Cc2ccc(Cl)cc2)c2ccc(C(=O)N3CCC(F)(F)C3)cc2)c1. The number of sulfonamides is 1. The van der Waals surface area contributed by atoms with Crippen molar-refractivity contribution in [1.82, 2.24) is 14.5 Å². The maximum Gasteiger partial charge on any atom is 0.283 e. The molecule has 1 saturated heterocycles.